The van der Waals surface area contributed by atoms with E-state index < -0.39 is 14.7 Å². The molecular weight excluding hydrogens is 204 g/mol. The van der Waals surface area contributed by atoms with Crippen molar-refractivity contribution in [3.05, 3.63) is 34.4 Å². The Morgan fingerprint density at radius 1 is 1.36 bits per heavy atom. The molecule has 14 heavy (non-hydrogen) atoms. The summed E-state index contributed by atoms with van der Waals surface area (Å²) in [6.07, 6.45) is 2.87. The lowest BCUT2D eigenvalue weighted by molar-refractivity contribution is -0.384. The van der Waals surface area contributed by atoms with Crippen molar-refractivity contribution < 1.29 is 9.13 Å². The van der Waals surface area contributed by atoms with Crippen molar-refractivity contribution in [2.24, 2.45) is 4.36 Å². The van der Waals surface area contributed by atoms with Gasteiger partial charge in [0.2, 0.25) is 0 Å². The standard InChI is InChI=1S/C8H10N2O3S/c1-14(2,13)9-7-5-3-4-6-8(7)10(11)12/h3-6H,1-2H3. The first-order valence-corrected chi connectivity index (χ1v) is 6.14. The summed E-state index contributed by atoms with van der Waals surface area (Å²) in [5.41, 5.74) is 0.0384. The Balaban J connectivity index is 3.36. The highest BCUT2D eigenvalue weighted by molar-refractivity contribution is 7.92. The van der Waals surface area contributed by atoms with Gasteiger partial charge in [-0.3, -0.25) is 10.1 Å². The third-order valence-electron chi connectivity index (χ3n) is 1.40. The number of nitrogens with zero attached hydrogens (tertiary/aromatic N) is 2. The third-order valence-corrected chi connectivity index (χ3v) is 2.03. The summed E-state index contributed by atoms with van der Waals surface area (Å²) in [6.45, 7) is 0. The Kier molecular flexibility index (Phi) is 2.85. The average molecular weight is 214 g/mol. The molecule has 0 unspecified atom stereocenters. The van der Waals surface area contributed by atoms with Gasteiger partial charge in [-0.1, -0.05) is 12.1 Å². The summed E-state index contributed by atoms with van der Waals surface area (Å²) >= 11 is 0. The number of nitro groups is 1. The van der Waals surface area contributed by atoms with Gasteiger partial charge in [-0.25, -0.2) is 4.21 Å². The van der Waals surface area contributed by atoms with Gasteiger partial charge in [0.1, 0.15) is 0 Å². The van der Waals surface area contributed by atoms with E-state index in [1.807, 2.05) is 0 Å². The molecule has 0 saturated carbocycles. The maximum absolute atomic E-state index is 11.3. The van der Waals surface area contributed by atoms with Crippen LogP contribution in [0.25, 0.3) is 0 Å². The van der Waals surface area contributed by atoms with E-state index in [1.54, 1.807) is 12.1 Å². The van der Waals surface area contributed by atoms with E-state index in [-0.39, 0.29) is 11.4 Å². The lowest BCUT2D eigenvalue weighted by Crippen LogP contribution is -1.92. The third kappa shape index (κ3) is 2.81. The average Bonchev–Trinajstić information content (AvgIpc) is 2.01. The summed E-state index contributed by atoms with van der Waals surface area (Å²) < 4.78 is 15.1. The molecule has 1 aromatic rings. The molecule has 0 aromatic heterocycles. The Morgan fingerprint density at radius 2 is 1.93 bits per heavy atom. The first-order chi connectivity index (χ1) is 6.40. The van der Waals surface area contributed by atoms with Crippen LogP contribution in [-0.2, 0) is 9.73 Å². The van der Waals surface area contributed by atoms with Gasteiger partial charge in [0.05, 0.1) is 4.92 Å². The largest absolute Gasteiger partial charge is 0.295 e. The van der Waals surface area contributed by atoms with Crippen LogP contribution < -0.4 is 0 Å². The SMILES string of the molecule is CS(C)(=O)=Nc1ccccc1[N+](=O)[O-]. The van der Waals surface area contributed by atoms with Crippen LogP contribution in [0.4, 0.5) is 11.4 Å². The minimum atomic E-state index is -2.36. The molecule has 0 aliphatic carbocycles. The number of hydrogen-bond donors (Lipinski definition) is 0. The zero-order valence-electron chi connectivity index (χ0n) is 7.84. The minimum Gasteiger partial charge on any atom is -0.258 e. The molecule has 76 valence electrons. The summed E-state index contributed by atoms with van der Waals surface area (Å²) in [5, 5.41) is 10.6. The maximum Gasteiger partial charge on any atom is 0.295 e. The van der Waals surface area contributed by atoms with Crippen molar-refractivity contribution >= 4 is 21.1 Å². The van der Waals surface area contributed by atoms with Crippen LogP contribution in [0.3, 0.4) is 0 Å². The van der Waals surface area contributed by atoms with Crippen molar-refractivity contribution in [3.8, 4) is 0 Å². The smallest absolute Gasteiger partial charge is 0.258 e. The van der Waals surface area contributed by atoms with Gasteiger partial charge in [0.15, 0.2) is 5.69 Å². The number of rotatable bonds is 2. The predicted octanol–water partition coefficient (Wildman–Crippen LogP) is 1.95. The molecule has 0 bridgehead atoms. The fourth-order valence-corrected chi connectivity index (χ4v) is 1.56. The van der Waals surface area contributed by atoms with Gasteiger partial charge in [-0.2, -0.15) is 4.36 Å². The highest BCUT2D eigenvalue weighted by atomic mass is 32.2. The Hall–Kier alpha value is -1.43. The molecule has 1 aromatic carbocycles. The van der Waals surface area contributed by atoms with E-state index in [0.29, 0.717) is 0 Å². The second-order valence-electron chi connectivity index (χ2n) is 3.02. The van der Waals surface area contributed by atoms with Crippen LogP contribution in [-0.4, -0.2) is 21.6 Å². The maximum atomic E-state index is 11.3. The molecule has 0 N–H and O–H groups in total. The summed E-state index contributed by atoms with van der Waals surface area (Å²) in [4.78, 5) is 10.0. The molecule has 1 rings (SSSR count). The zero-order chi connectivity index (χ0) is 10.8. The molecule has 6 heteroatoms. The fraction of sp³-hybridized carbons (Fsp3) is 0.250. The Labute approximate surface area is 82.1 Å². The van der Waals surface area contributed by atoms with Gasteiger partial charge in [0, 0.05) is 28.3 Å². The van der Waals surface area contributed by atoms with Crippen LogP contribution in [0.5, 0.6) is 0 Å². The van der Waals surface area contributed by atoms with Crippen LogP contribution in [0.15, 0.2) is 28.6 Å². The number of nitro benzene ring substituents is 1. The van der Waals surface area contributed by atoms with Crippen molar-refractivity contribution in [1.29, 1.82) is 0 Å². The highest BCUT2D eigenvalue weighted by Crippen LogP contribution is 2.27. The molecule has 0 heterocycles. The van der Waals surface area contributed by atoms with Crippen LogP contribution in [0.2, 0.25) is 0 Å². The first kappa shape index (κ1) is 10.6. The van der Waals surface area contributed by atoms with E-state index in [1.165, 1.54) is 24.6 Å². The van der Waals surface area contributed by atoms with E-state index in [2.05, 4.69) is 4.36 Å². The lowest BCUT2D eigenvalue weighted by Gasteiger charge is -1.97. The van der Waals surface area contributed by atoms with Gasteiger partial charge in [-0.15, -0.1) is 0 Å². The number of hydrogen-bond acceptors (Lipinski definition) is 4. The molecule has 5 nitrogen and oxygen atoms in total. The summed E-state index contributed by atoms with van der Waals surface area (Å²) in [7, 11) is -2.36. The van der Waals surface area contributed by atoms with Gasteiger partial charge in [-0.05, 0) is 6.07 Å². The summed E-state index contributed by atoms with van der Waals surface area (Å²) in [6, 6.07) is 5.98. The van der Waals surface area contributed by atoms with Crippen molar-refractivity contribution in [2.75, 3.05) is 12.5 Å². The van der Waals surface area contributed by atoms with Crippen molar-refractivity contribution in [1.82, 2.24) is 0 Å². The van der Waals surface area contributed by atoms with Gasteiger partial charge in [0.25, 0.3) is 5.69 Å². The Morgan fingerprint density at radius 3 is 2.43 bits per heavy atom. The van der Waals surface area contributed by atoms with Gasteiger partial charge >= 0.3 is 0 Å². The van der Waals surface area contributed by atoms with Crippen LogP contribution >= 0.6 is 0 Å². The molecule has 0 radical (unpaired) electrons. The molecule has 0 amide bonds. The molecule has 0 atom stereocenters. The molecular formula is C8H10N2O3S. The van der Waals surface area contributed by atoms with Crippen LogP contribution in [0, 0.1) is 10.1 Å². The second kappa shape index (κ2) is 3.75. The fourth-order valence-electron chi connectivity index (χ4n) is 0.933. The van der Waals surface area contributed by atoms with E-state index in [0.717, 1.165) is 0 Å². The van der Waals surface area contributed by atoms with E-state index in [9.17, 15) is 14.3 Å². The summed E-state index contributed by atoms with van der Waals surface area (Å²) in [5.74, 6) is 0. The van der Waals surface area contributed by atoms with E-state index >= 15 is 0 Å². The molecule has 0 aliphatic heterocycles. The monoisotopic (exact) mass is 214 g/mol. The number of benzene rings is 1. The lowest BCUT2D eigenvalue weighted by atomic mass is 10.3. The normalized spacial score (nSPS) is 11.0. The van der Waals surface area contributed by atoms with Gasteiger partial charge < -0.3 is 0 Å². The van der Waals surface area contributed by atoms with E-state index in [4.69, 9.17) is 0 Å². The van der Waals surface area contributed by atoms with Crippen LogP contribution in [0.1, 0.15) is 0 Å². The predicted molar refractivity (Wildman–Crippen MR) is 55.2 cm³/mol. The van der Waals surface area contributed by atoms with Crippen molar-refractivity contribution in [2.45, 2.75) is 0 Å². The topological polar surface area (TPSA) is 72.6 Å². The second-order valence-corrected chi connectivity index (χ2v) is 5.56. The number of para-hydroxylation sites is 1. The molecule has 0 fully saturated rings. The first-order valence-electron chi connectivity index (χ1n) is 3.81. The quantitative estimate of drug-likeness (QED) is 0.558. The highest BCUT2D eigenvalue weighted by Gasteiger charge is 2.11. The van der Waals surface area contributed by atoms with Crippen molar-refractivity contribution in [3.63, 3.8) is 0 Å². The minimum absolute atomic E-state index is 0.121. The Bertz CT molecular complexity index is 467. The molecule has 0 aliphatic rings. The molecule has 0 spiro atoms. The molecule has 0 saturated heterocycles. The zero-order valence-corrected chi connectivity index (χ0v) is 8.65.